The van der Waals surface area contributed by atoms with E-state index in [4.69, 9.17) is 9.97 Å². The van der Waals surface area contributed by atoms with Crippen molar-refractivity contribution < 1.29 is 0 Å². The molecule has 0 aliphatic carbocycles. The van der Waals surface area contributed by atoms with Crippen LogP contribution in [0.25, 0.3) is 55.9 Å². The number of rotatable bonds is 11. The quantitative estimate of drug-likeness (QED) is 0.129. The van der Waals surface area contributed by atoms with Crippen LogP contribution in [0.2, 0.25) is 0 Å². The number of hydrogen-bond donors (Lipinski definition) is 0. The Morgan fingerprint density at radius 1 is 0.281 bits per heavy atom. The fourth-order valence-corrected chi connectivity index (χ4v) is 8.14. The summed E-state index contributed by atoms with van der Waals surface area (Å²) in [6.07, 6.45) is 11.1. The first-order chi connectivity index (χ1) is 31.5. The third-order valence-corrected chi connectivity index (χ3v) is 11.5. The fraction of sp³-hybridized carbons (Fsp3) is 0.0345. The van der Waals surface area contributed by atoms with Crippen molar-refractivity contribution in [2.75, 3.05) is 9.80 Å². The second-order valence-corrected chi connectivity index (χ2v) is 15.9. The Morgan fingerprint density at radius 2 is 0.625 bits per heavy atom. The van der Waals surface area contributed by atoms with Crippen molar-refractivity contribution in [2.45, 2.75) is 13.8 Å². The molecule has 4 aromatic heterocycles. The topological polar surface area (TPSA) is 58.0 Å². The largest absolute Gasteiger partial charge is 0.310 e. The van der Waals surface area contributed by atoms with E-state index in [0.29, 0.717) is 0 Å². The molecule has 0 bridgehead atoms. The lowest BCUT2D eigenvalue weighted by molar-refractivity contribution is 1.26. The van der Waals surface area contributed by atoms with Crippen molar-refractivity contribution in [3.05, 3.63) is 242 Å². The molecule has 0 aliphatic rings. The smallest absolute Gasteiger partial charge is 0.0717 e. The van der Waals surface area contributed by atoms with Gasteiger partial charge in [0.2, 0.25) is 0 Å². The number of aromatic nitrogens is 4. The normalized spacial score (nSPS) is 11.0. The molecule has 0 radical (unpaired) electrons. The molecule has 10 rings (SSSR count). The summed E-state index contributed by atoms with van der Waals surface area (Å²) in [5.74, 6) is 0. The zero-order chi connectivity index (χ0) is 43.2. The second kappa shape index (κ2) is 17.9. The van der Waals surface area contributed by atoms with Crippen LogP contribution >= 0.6 is 0 Å². The predicted molar refractivity (Wildman–Crippen MR) is 264 cm³/mol. The Labute approximate surface area is 374 Å². The Bertz CT molecular complexity index is 2900. The third-order valence-electron chi connectivity index (χ3n) is 11.5. The van der Waals surface area contributed by atoms with E-state index in [1.807, 2.05) is 49.1 Å². The molecule has 0 saturated carbocycles. The first-order valence-electron chi connectivity index (χ1n) is 21.4. The SMILES string of the molecule is Cc1cccc(N(c2ccc(-c3ccc(N(c4ccc(-c5ccc(-c6cccnc6)nc5)cc4)c4cccc(C)c4)cc3)cc2)c2ccc(-c3ccc(-c4cccnc4)nc3)cc2)c1. The molecule has 4 heterocycles. The lowest BCUT2D eigenvalue weighted by Crippen LogP contribution is -2.10. The van der Waals surface area contributed by atoms with E-state index in [-0.39, 0.29) is 0 Å². The molecule has 0 atom stereocenters. The van der Waals surface area contributed by atoms with E-state index < -0.39 is 0 Å². The zero-order valence-electron chi connectivity index (χ0n) is 35.6. The van der Waals surface area contributed by atoms with Crippen LogP contribution < -0.4 is 9.80 Å². The van der Waals surface area contributed by atoms with Crippen molar-refractivity contribution >= 4 is 34.1 Å². The number of benzene rings is 6. The molecule has 306 valence electrons. The number of anilines is 6. The van der Waals surface area contributed by atoms with Crippen LogP contribution in [-0.4, -0.2) is 19.9 Å². The molecule has 6 nitrogen and oxygen atoms in total. The van der Waals surface area contributed by atoms with Crippen LogP contribution in [0.3, 0.4) is 0 Å². The van der Waals surface area contributed by atoms with Gasteiger partial charge in [0, 0.05) is 93.6 Å². The van der Waals surface area contributed by atoms with Gasteiger partial charge in [-0.3, -0.25) is 19.9 Å². The first-order valence-corrected chi connectivity index (χ1v) is 21.4. The van der Waals surface area contributed by atoms with Gasteiger partial charge in [-0.15, -0.1) is 0 Å². The average Bonchev–Trinajstić information content (AvgIpc) is 3.36. The maximum atomic E-state index is 4.73. The summed E-state index contributed by atoms with van der Waals surface area (Å²) in [6, 6.07) is 68.7. The number of aryl methyl sites for hydroxylation is 2. The van der Waals surface area contributed by atoms with E-state index in [9.17, 15) is 0 Å². The van der Waals surface area contributed by atoms with E-state index in [2.05, 4.69) is 203 Å². The van der Waals surface area contributed by atoms with Crippen LogP contribution in [-0.2, 0) is 0 Å². The summed E-state index contributed by atoms with van der Waals surface area (Å²) in [5, 5.41) is 0. The second-order valence-electron chi connectivity index (χ2n) is 15.9. The van der Waals surface area contributed by atoms with Crippen molar-refractivity contribution in [3.63, 3.8) is 0 Å². The first kappa shape index (κ1) is 39.6. The van der Waals surface area contributed by atoms with Gasteiger partial charge in [-0.1, -0.05) is 84.9 Å². The van der Waals surface area contributed by atoms with Crippen molar-refractivity contribution in [2.24, 2.45) is 0 Å². The van der Waals surface area contributed by atoms with Gasteiger partial charge in [-0.2, -0.15) is 0 Å². The Kier molecular flexibility index (Phi) is 11.1. The highest BCUT2D eigenvalue weighted by molar-refractivity contribution is 5.82. The van der Waals surface area contributed by atoms with Gasteiger partial charge in [0.05, 0.1) is 11.4 Å². The Morgan fingerprint density at radius 3 is 0.922 bits per heavy atom. The minimum atomic E-state index is 0.906. The number of nitrogens with zero attached hydrogens (tertiary/aromatic N) is 6. The van der Waals surface area contributed by atoms with Gasteiger partial charge in [-0.05, 0) is 156 Å². The van der Waals surface area contributed by atoms with Gasteiger partial charge < -0.3 is 9.80 Å². The summed E-state index contributed by atoms with van der Waals surface area (Å²) < 4.78 is 0. The van der Waals surface area contributed by atoms with E-state index >= 15 is 0 Å². The lowest BCUT2D eigenvalue weighted by Gasteiger charge is -2.27. The minimum absolute atomic E-state index is 0.906. The fourth-order valence-electron chi connectivity index (χ4n) is 8.14. The molecule has 6 aromatic carbocycles. The van der Waals surface area contributed by atoms with Gasteiger partial charge in [0.15, 0.2) is 0 Å². The Hall–Kier alpha value is -8.48. The number of hydrogen-bond acceptors (Lipinski definition) is 6. The molecule has 10 aromatic rings. The lowest BCUT2D eigenvalue weighted by atomic mass is 10.0. The molecule has 0 fully saturated rings. The summed E-state index contributed by atoms with van der Waals surface area (Å²) in [5.41, 5.74) is 19.4. The standard InChI is InChI=1S/C58H44N6/c1-41-7-3-11-55(35-41)63(53-27-17-45(18-28-53)47-21-31-57(61-39-47)49-9-5-33-59-37-49)51-23-13-43(14-24-51)44-15-25-52(26-16-44)64(56-12-4-8-42(2)36-56)54-29-19-46(20-30-54)48-22-32-58(62-40-48)50-10-6-34-60-38-50/h3-40H,1-2H3. The molecule has 0 N–H and O–H groups in total. The maximum absolute atomic E-state index is 4.73. The molecule has 0 aliphatic heterocycles. The maximum Gasteiger partial charge on any atom is 0.0717 e. The third kappa shape index (κ3) is 8.53. The zero-order valence-corrected chi connectivity index (χ0v) is 35.6. The molecule has 0 unspecified atom stereocenters. The van der Waals surface area contributed by atoms with Gasteiger partial charge >= 0.3 is 0 Å². The van der Waals surface area contributed by atoms with Gasteiger partial charge in [0.25, 0.3) is 0 Å². The number of pyridine rings is 4. The Balaban J connectivity index is 0.904. The van der Waals surface area contributed by atoms with Crippen LogP contribution in [0.1, 0.15) is 11.1 Å². The molecular formula is C58H44N6. The van der Waals surface area contributed by atoms with E-state index in [0.717, 1.165) is 90.0 Å². The molecule has 64 heavy (non-hydrogen) atoms. The highest BCUT2D eigenvalue weighted by Gasteiger charge is 2.16. The van der Waals surface area contributed by atoms with E-state index in [1.54, 1.807) is 12.4 Å². The summed E-state index contributed by atoms with van der Waals surface area (Å²) in [7, 11) is 0. The van der Waals surface area contributed by atoms with Crippen molar-refractivity contribution in [1.82, 2.24) is 19.9 Å². The minimum Gasteiger partial charge on any atom is -0.310 e. The summed E-state index contributed by atoms with van der Waals surface area (Å²) in [4.78, 5) is 22.6. The predicted octanol–water partition coefficient (Wildman–Crippen LogP) is 15.2. The van der Waals surface area contributed by atoms with Gasteiger partial charge in [0.1, 0.15) is 0 Å². The molecule has 0 amide bonds. The molecule has 0 saturated heterocycles. The average molecular weight is 825 g/mol. The summed E-state index contributed by atoms with van der Waals surface area (Å²) >= 11 is 0. The van der Waals surface area contributed by atoms with Crippen LogP contribution in [0.4, 0.5) is 34.1 Å². The van der Waals surface area contributed by atoms with E-state index in [1.165, 1.54) is 11.1 Å². The molecular weight excluding hydrogens is 781 g/mol. The van der Waals surface area contributed by atoms with Crippen molar-refractivity contribution in [1.29, 1.82) is 0 Å². The highest BCUT2D eigenvalue weighted by Crippen LogP contribution is 2.40. The molecule has 6 heteroatoms. The monoisotopic (exact) mass is 824 g/mol. The highest BCUT2D eigenvalue weighted by atomic mass is 15.1. The van der Waals surface area contributed by atoms with Crippen molar-refractivity contribution in [3.8, 4) is 55.9 Å². The van der Waals surface area contributed by atoms with Crippen LogP contribution in [0.5, 0.6) is 0 Å². The van der Waals surface area contributed by atoms with Crippen LogP contribution in [0, 0.1) is 13.8 Å². The van der Waals surface area contributed by atoms with Crippen LogP contribution in [0.15, 0.2) is 231 Å². The summed E-state index contributed by atoms with van der Waals surface area (Å²) in [6.45, 7) is 4.27. The molecule has 0 spiro atoms. The van der Waals surface area contributed by atoms with Gasteiger partial charge in [-0.25, -0.2) is 0 Å².